The number of nitrogens with zero attached hydrogens (tertiary/aromatic N) is 1. The average molecular weight is 301 g/mol. The van der Waals surface area contributed by atoms with E-state index in [1.165, 1.54) is 0 Å². The van der Waals surface area contributed by atoms with Gasteiger partial charge in [0.25, 0.3) is 0 Å². The van der Waals surface area contributed by atoms with Gasteiger partial charge in [0.2, 0.25) is 0 Å². The van der Waals surface area contributed by atoms with Crippen LogP contribution in [0.1, 0.15) is 33.6 Å². The lowest BCUT2D eigenvalue weighted by Gasteiger charge is -2.33. The van der Waals surface area contributed by atoms with E-state index in [2.05, 4.69) is 4.90 Å². The molecule has 1 atom stereocenters. The molecule has 0 spiro atoms. The molecule has 6 heteroatoms. The maximum atomic E-state index is 12.3. The molecule has 1 saturated heterocycles. The summed E-state index contributed by atoms with van der Waals surface area (Å²) in [6.07, 6.45) is 0.574. The van der Waals surface area contributed by atoms with Gasteiger partial charge >= 0.3 is 11.9 Å². The summed E-state index contributed by atoms with van der Waals surface area (Å²) in [4.78, 5) is 26.2. The van der Waals surface area contributed by atoms with Gasteiger partial charge in [-0.05, 0) is 32.2 Å². The molecule has 21 heavy (non-hydrogen) atoms. The third-order valence-electron chi connectivity index (χ3n) is 3.79. The number of morpholine rings is 1. The molecule has 0 radical (unpaired) electrons. The van der Waals surface area contributed by atoms with Gasteiger partial charge in [-0.1, -0.05) is 13.8 Å². The molecule has 0 aromatic heterocycles. The van der Waals surface area contributed by atoms with E-state index in [0.29, 0.717) is 26.2 Å². The average Bonchev–Trinajstić information content (AvgIpc) is 2.44. The van der Waals surface area contributed by atoms with Gasteiger partial charge < -0.3 is 14.6 Å². The number of ether oxygens (including phenoxy) is 2. The molecule has 1 N–H and O–H groups in total. The summed E-state index contributed by atoms with van der Waals surface area (Å²) in [5, 5.41) is 9.66. The smallest absolute Gasteiger partial charge is 0.323 e. The van der Waals surface area contributed by atoms with E-state index >= 15 is 0 Å². The number of esters is 1. The number of hydrogen-bond donors (Lipinski definition) is 1. The predicted molar refractivity (Wildman–Crippen MR) is 78.0 cm³/mol. The zero-order valence-electron chi connectivity index (χ0n) is 13.3. The molecule has 0 aliphatic carbocycles. The van der Waals surface area contributed by atoms with Crippen LogP contribution in [0.25, 0.3) is 0 Å². The van der Waals surface area contributed by atoms with Crippen LogP contribution in [0.2, 0.25) is 0 Å². The lowest BCUT2D eigenvalue weighted by Crippen LogP contribution is -2.46. The Morgan fingerprint density at radius 3 is 2.43 bits per heavy atom. The molecule has 1 unspecified atom stereocenters. The van der Waals surface area contributed by atoms with Gasteiger partial charge in [-0.3, -0.25) is 14.5 Å². The molecule has 0 bridgehead atoms. The van der Waals surface area contributed by atoms with E-state index in [9.17, 15) is 14.7 Å². The fraction of sp³-hybridized carbons (Fsp3) is 0.867. The summed E-state index contributed by atoms with van der Waals surface area (Å²) in [6, 6.07) is 0. The number of hydrogen-bond acceptors (Lipinski definition) is 5. The second-order valence-corrected chi connectivity index (χ2v) is 5.91. The Morgan fingerprint density at radius 2 is 1.95 bits per heavy atom. The second kappa shape index (κ2) is 8.34. The van der Waals surface area contributed by atoms with E-state index < -0.39 is 17.4 Å². The monoisotopic (exact) mass is 301 g/mol. The van der Waals surface area contributed by atoms with Crippen LogP contribution >= 0.6 is 0 Å². The third kappa shape index (κ3) is 4.97. The van der Waals surface area contributed by atoms with E-state index in [-0.39, 0.29) is 18.9 Å². The van der Waals surface area contributed by atoms with Gasteiger partial charge in [0.1, 0.15) is 0 Å². The molecule has 1 aliphatic heterocycles. The number of carboxylic acid groups (broad SMARTS) is 1. The summed E-state index contributed by atoms with van der Waals surface area (Å²) >= 11 is 0. The number of carbonyl (C=O) groups excluding carboxylic acids is 1. The van der Waals surface area contributed by atoms with Crippen molar-refractivity contribution in [1.82, 2.24) is 4.90 Å². The molecule has 0 aromatic rings. The Bertz CT molecular complexity index is 352. The molecule has 0 amide bonds. The molecule has 1 heterocycles. The quantitative estimate of drug-likeness (QED) is 0.539. The van der Waals surface area contributed by atoms with Crippen molar-refractivity contribution in [1.29, 1.82) is 0 Å². The fourth-order valence-corrected chi connectivity index (χ4v) is 2.71. The lowest BCUT2D eigenvalue weighted by molar-refractivity contribution is -0.171. The van der Waals surface area contributed by atoms with E-state index in [1.807, 2.05) is 13.8 Å². The minimum absolute atomic E-state index is 0.107. The van der Waals surface area contributed by atoms with Crippen LogP contribution < -0.4 is 0 Å². The van der Waals surface area contributed by atoms with Crippen molar-refractivity contribution in [2.45, 2.75) is 33.6 Å². The maximum Gasteiger partial charge on any atom is 0.323 e. The third-order valence-corrected chi connectivity index (χ3v) is 3.79. The van der Waals surface area contributed by atoms with Crippen molar-refractivity contribution in [2.75, 3.05) is 39.5 Å². The van der Waals surface area contributed by atoms with E-state index in [1.54, 1.807) is 6.92 Å². The molecular weight excluding hydrogens is 274 g/mol. The minimum Gasteiger partial charge on any atom is -0.480 e. The number of carbonyl (C=O) groups is 2. The number of aliphatic carboxylic acids is 1. The molecule has 1 aliphatic rings. The second-order valence-electron chi connectivity index (χ2n) is 5.91. The van der Waals surface area contributed by atoms with Crippen LogP contribution in [0.5, 0.6) is 0 Å². The first-order valence-electron chi connectivity index (χ1n) is 7.63. The van der Waals surface area contributed by atoms with Crippen molar-refractivity contribution in [3.05, 3.63) is 0 Å². The van der Waals surface area contributed by atoms with Crippen LogP contribution in [0.15, 0.2) is 0 Å². The Kier molecular flexibility index (Phi) is 7.11. The molecular formula is C15H27NO5. The van der Waals surface area contributed by atoms with Gasteiger partial charge in [-0.15, -0.1) is 0 Å². The normalized spacial score (nSPS) is 19.2. The summed E-state index contributed by atoms with van der Waals surface area (Å²) in [6.45, 7) is 9.18. The summed E-state index contributed by atoms with van der Waals surface area (Å²) in [5.41, 5.74) is -1.44. The van der Waals surface area contributed by atoms with Gasteiger partial charge in [0, 0.05) is 13.1 Å². The van der Waals surface area contributed by atoms with Crippen LogP contribution in [0, 0.1) is 11.3 Å². The minimum atomic E-state index is -1.44. The van der Waals surface area contributed by atoms with Crippen LogP contribution in [0.4, 0.5) is 0 Å². The van der Waals surface area contributed by atoms with Crippen molar-refractivity contribution in [3.63, 3.8) is 0 Å². The topological polar surface area (TPSA) is 76.1 Å². The number of carboxylic acids is 1. The van der Waals surface area contributed by atoms with Crippen molar-refractivity contribution < 1.29 is 24.2 Å². The fourth-order valence-electron chi connectivity index (χ4n) is 2.71. The van der Waals surface area contributed by atoms with Crippen molar-refractivity contribution >= 4 is 11.9 Å². The highest BCUT2D eigenvalue weighted by molar-refractivity contribution is 5.99. The highest BCUT2D eigenvalue weighted by atomic mass is 16.5. The molecule has 6 nitrogen and oxygen atoms in total. The van der Waals surface area contributed by atoms with E-state index in [4.69, 9.17) is 9.47 Å². The first-order valence-corrected chi connectivity index (χ1v) is 7.63. The Hall–Kier alpha value is -1.14. The summed E-state index contributed by atoms with van der Waals surface area (Å²) in [7, 11) is 0. The van der Waals surface area contributed by atoms with E-state index in [0.717, 1.165) is 13.1 Å². The molecule has 1 fully saturated rings. The molecule has 122 valence electrons. The zero-order chi connectivity index (χ0) is 15.9. The highest BCUT2D eigenvalue weighted by Crippen LogP contribution is 2.33. The largest absolute Gasteiger partial charge is 0.480 e. The summed E-state index contributed by atoms with van der Waals surface area (Å²) < 4.78 is 10.3. The first-order chi connectivity index (χ1) is 9.92. The number of rotatable bonds is 8. The highest BCUT2D eigenvalue weighted by Gasteiger charge is 2.47. The maximum absolute atomic E-state index is 12.3. The summed E-state index contributed by atoms with van der Waals surface area (Å²) in [5.74, 6) is -1.59. The van der Waals surface area contributed by atoms with Gasteiger partial charge in [-0.2, -0.15) is 0 Å². The standard InChI is InChI=1S/C15H27NO5/c1-4-21-14(19)15(13(17)18,11-12(2)3)5-6-16-7-9-20-10-8-16/h12H,4-11H2,1-3H3,(H,17,18). The predicted octanol–water partition coefficient (Wildman–Crippen LogP) is 1.39. The van der Waals surface area contributed by atoms with Crippen LogP contribution in [-0.2, 0) is 19.1 Å². The lowest BCUT2D eigenvalue weighted by atomic mass is 9.77. The van der Waals surface area contributed by atoms with Crippen molar-refractivity contribution in [2.24, 2.45) is 11.3 Å². The van der Waals surface area contributed by atoms with Crippen molar-refractivity contribution in [3.8, 4) is 0 Å². The molecule has 1 rings (SSSR count). The molecule has 0 aromatic carbocycles. The van der Waals surface area contributed by atoms with Crippen LogP contribution in [0.3, 0.4) is 0 Å². The SMILES string of the molecule is CCOC(=O)C(CCN1CCOCC1)(CC(C)C)C(=O)O. The zero-order valence-corrected chi connectivity index (χ0v) is 13.3. The Balaban J connectivity index is 2.81. The Labute approximate surface area is 126 Å². The molecule has 0 saturated carbocycles. The van der Waals surface area contributed by atoms with Crippen LogP contribution in [-0.4, -0.2) is 61.4 Å². The van der Waals surface area contributed by atoms with Gasteiger partial charge in [0.15, 0.2) is 5.41 Å². The van der Waals surface area contributed by atoms with Gasteiger partial charge in [-0.25, -0.2) is 0 Å². The first kappa shape index (κ1) is 17.9. The van der Waals surface area contributed by atoms with Gasteiger partial charge in [0.05, 0.1) is 19.8 Å². The Morgan fingerprint density at radius 1 is 1.33 bits per heavy atom.